The van der Waals surface area contributed by atoms with E-state index in [-0.39, 0.29) is 22.6 Å². The van der Waals surface area contributed by atoms with Crippen LogP contribution in [-0.2, 0) is 11.0 Å². The van der Waals surface area contributed by atoms with Crippen LogP contribution in [0, 0.1) is 11.1 Å². The molecule has 4 aromatic rings. The van der Waals surface area contributed by atoms with Gasteiger partial charge in [0, 0.05) is 40.8 Å². The van der Waals surface area contributed by atoms with E-state index in [1.165, 1.54) is 0 Å². The van der Waals surface area contributed by atoms with Crippen LogP contribution in [0.25, 0.3) is 16.6 Å². The lowest BCUT2D eigenvalue weighted by atomic mass is 10.1. The van der Waals surface area contributed by atoms with Gasteiger partial charge in [-0.05, 0) is 72.6 Å². The van der Waals surface area contributed by atoms with Crippen molar-refractivity contribution in [3.8, 4) is 5.69 Å². The molecule has 0 radical (unpaired) electrons. The van der Waals surface area contributed by atoms with E-state index in [4.69, 9.17) is 11.6 Å². The van der Waals surface area contributed by atoms with Gasteiger partial charge in [-0.1, -0.05) is 25.4 Å². The standard InChI is InChI=1S/C27H23ClF3N4O3/c1-16(2)13-25(36)32-19-5-10-24-17(14-19)11-12-34(24)20-6-3-18(4-7-20)33-26(37)35(38)21-8-9-23(28)22(15-21)27(29,30)31/h3-12,14-16H,13H2,1-2H3,(H,32,36)(H,33,37)/q-1. The topological polar surface area (TPSA) is 89.4 Å². The van der Waals surface area contributed by atoms with E-state index in [1.807, 2.05) is 48.9 Å². The van der Waals surface area contributed by atoms with Crippen LogP contribution in [0.15, 0.2) is 72.9 Å². The fourth-order valence-corrected chi connectivity index (χ4v) is 4.11. The second-order valence-corrected chi connectivity index (χ2v) is 9.45. The van der Waals surface area contributed by atoms with Crippen LogP contribution in [-0.4, -0.2) is 16.5 Å². The Balaban J connectivity index is 1.46. The zero-order valence-corrected chi connectivity index (χ0v) is 21.1. The molecule has 198 valence electrons. The zero-order valence-electron chi connectivity index (χ0n) is 20.3. The number of anilines is 3. The Kier molecular flexibility index (Phi) is 7.66. The first-order chi connectivity index (χ1) is 17.9. The van der Waals surface area contributed by atoms with E-state index < -0.39 is 28.5 Å². The molecule has 0 aliphatic rings. The fourth-order valence-electron chi connectivity index (χ4n) is 3.88. The number of rotatable bonds is 6. The molecule has 0 saturated carbocycles. The number of amides is 3. The first kappa shape index (κ1) is 27.0. The van der Waals surface area contributed by atoms with Crippen LogP contribution in [0.4, 0.5) is 35.0 Å². The minimum absolute atomic E-state index is 0.0510. The SMILES string of the molecule is CC(C)CC(=O)Nc1ccc2c(ccn2-c2ccc(NC(=O)N([O-])c3ccc(Cl)c(C(F)(F)F)c3)cc2)c1. The largest absolute Gasteiger partial charge is 0.750 e. The van der Waals surface area contributed by atoms with Crippen molar-refractivity contribution in [2.45, 2.75) is 26.4 Å². The van der Waals surface area contributed by atoms with Gasteiger partial charge in [0.15, 0.2) is 0 Å². The van der Waals surface area contributed by atoms with Crippen molar-refractivity contribution in [2.24, 2.45) is 5.92 Å². The van der Waals surface area contributed by atoms with Crippen molar-refractivity contribution < 1.29 is 22.8 Å². The zero-order chi connectivity index (χ0) is 27.6. The monoisotopic (exact) mass is 543 g/mol. The minimum Gasteiger partial charge on any atom is -0.750 e. The summed E-state index contributed by atoms with van der Waals surface area (Å²) in [6, 6.07) is 15.3. The number of alkyl halides is 3. The summed E-state index contributed by atoms with van der Waals surface area (Å²) in [6.07, 6.45) is -2.48. The molecule has 3 amide bonds. The number of halogens is 4. The van der Waals surface area contributed by atoms with Crippen molar-refractivity contribution in [3.05, 3.63) is 88.7 Å². The highest BCUT2D eigenvalue weighted by molar-refractivity contribution is 6.31. The van der Waals surface area contributed by atoms with E-state index in [9.17, 15) is 28.0 Å². The molecular formula is C27H23ClF3N4O3-. The predicted octanol–water partition coefficient (Wildman–Crippen LogP) is 7.82. The van der Waals surface area contributed by atoms with E-state index >= 15 is 0 Å². The Bertz CT molecular complexity index is 1480. The summed E-state index contributed by atoms with van der Waals surface area (Å²) in [4.78, 5) is 24.4. The lowest BCUT2D eigenvalue weighted by Gasteiger charge is -2.29. The average molecular weight is 544 g/mol. The summed E-state index contributed by atoms with van der Waals surface area (Å²) in [6.45, 7) is 3.95. The van der Waals surface area contributed by atoms with Gasteiger partial charge in [-0.15, -0.1) is 0 Å². The molecule has 0 bridgehead atoms. The summed E-state index contributed by atoms with van der Waals surface area (Å²) in [5.41, 5.74) is 0.909. The maximum atomic E-state index is 13.1. The van der Waals surface area contributed by atoms with Crippen LogP contribution >= 0.6 is 11.6 Å². The Hall–Kier alpha value is -4.02. The maximum absolute atomic E-state index is 13.1. The molecule has 7 nitrogen and oxygen atoms in total. The number of carbonyl (C=O) groups excluding carboxylic acids is 2. The number of aromatic nitrogens is 1. The lowest BCUT2D eigenvalue weighted by Crippen LogP contribution is -2.29. The number of carbonyl (C=O) groups is 2. The molecule has 0 fully saturated rings. The van der Waals surface area contributed by atoms with Gasteiger partial charge in [-0.3, -0.25) is 4.79 Å². The van der Waals surface area contributed by atoms with Gasteiger partial charge in [0.25, 0.3) is 0 Å². The number of hydroxylamine groups is 1. The third-order valence-corrected chi connectivity index (χ3v) is 5.97. The number of hydrogen-bond acceptors (Lipinski definition) is 3. The van der Waals surface area contributed by atoms with Crippen molar-refractivity contribution in [1.29, 1.82) is 0 Å². The molecule has 0 atom stereocenters. The highest BCUT2D eigenvalue weighted by atomic mass is 35.5. The van der Waals surface area contributed by atoms with E-state index in [0.717, 1.165) is 28.7 Å². The molecule has 1 aromatic heterocycles. The lowest BCUT2D eigenvalue weighted by molar-refractivity contribution is -0.137. The van der Waals surface area contributed by atoms with Crippen LogP contribution in [0.2, 0.25) is 5.02 Å². The third kappa shape index (κ3) is 6.09. The predicted molar refractivity (Wildman–Crippen MR) is 143 cm³/mol. The summed E-state index contributed by atoms with van der Waals surface area (Å²) < 4.78 is 41.1. The molecule has 0 spiro atoms. The normalized spacial score (nSPS) is 11.6. The highest BCUT2D eigenvalue weighted by Gasteiger charge is 2.33. The second kappa shape index (κ2) is 10.8. The first-order valence-electron chi connectivity index (χ1n) is 11.6. The van der Waals surface area contributed by atoms with Crippen LogP contribution in [0.1, 0.15) is 25.8 Å². The van der Waals surface area contributed by atoms with Gasteiger partial charge >= 0.3 is 12.2 Å². The van der Waals surface area contributed by atoms with Gasteiger partial charge in [-0.2, -0.15) is 13.2 Å². The Labute approximate surface area is 221 Å². The number of hydrogen-bond donors (Lipinski definition) is 2. The van der Waals surface area contributed by atoms with Gasteiger partial charge in [-0.25, -0.2) is 4.79 Å². The summed E-state index contributed by atoms with van der Waals surface area (Å²) in [5.74, 6) is 0.203. The number of nitrogens with one attached hydrogen (secondary N) is 2. The summed E-state index contributed by atoms with van der Waals surface area (Å²) in [7, 11) is 0. The molecule has 4 rings (SSSR count). The Morgan fingerprint density at radius 1 is 0.974 bits per heavy atom. The smallest absolute Gasteiger partial charge is 0.417 e. The van der Waals surface area contributed by atoms with Gasteiger partial charge in [0.2, 0.25) is 5.91 Å². The molecule has 1 heterocycles. The van der Waals surface area contributed by atoms with Crippen molar-refractivity contribution in [3.63, 3.8) is 0 Å². The average Bonchev–Trinajstić information content (AvgIpc) is 3.26. The molecule has 3 aromatic carbocycles. The number of benzene rings is 3. The van der Waals surface area contributed by atoms with Crippen LogP contribution < -0.4 is 15.7 Å². The minimum atomic E-state index is -4.77. The van der Waals surface area contributed by atoms with Crippen LogP contribution in [0.5, 0.6) is 0 Å². The molecule has 0 unspecified atom stereocenters. The first-order valence-corrected chi connectivity index (χ1v) is 12.0. The number of fused-ring (bicyclic) bond motifs is 1. The molecular weight excluding hydrogens is 521 g/mol. The van der Waals surface area contributed by atoms with Gasteiger partial charge in [0.05, 0.1) is 16.1 Å². The molecule has 0 saturated heterocycles. The Morgan fingerprint density at radius 3 is 2.32 bits per heavy atom. The van der Waals surface area contributed by atoms with Gasteiger partial charge < -0.3 is 25.5 Å². The number of urea groups is 1. The molecule has 2 N–H and O–H groups in total. The van der Waals surface area contributed by atoms with Crippen molar-refractivity contribution in [2.75, 3.05) is 15.7 Å². The molecule has 38 heavy (non-hydrogen) atoms. The van der Waals surface area contributed by atoms with Gasteiger partial charge in [0.1, 0.15) is 0 Å². The molecule has 0 aliphatic carbocycles. The second-order valence-electron chi connectivity index (χ2n) is 9.04. The molecule has 0 aliphatic heterocycles. The third-order valence-electron chi connectivity index (χ3n) is 5.64. The number of nitrogens with zero attached hydrogens (tertiary/aromatic N) is 2. The van der Waals surface area contributed by atoms with Crippen molar-refractivity contribution >= 4 is 51.5 Å². The quantitative estimate of drug-likeness (QED) is 0.243. The van der Waals surface area contributed by atoms with E-state index in [2.05, 4.69) is 10.6 Å². The van der Waals surface area contributed by atoms with E-state index in [1.54, 1.807) is 24.3 Å². The maximum Gasteiger partial charge on any atom is 0.417 e. The van der Waals surface area contributed by atoms with E-state index in [0.29, 0.717) is 18.2 Å². The summed E-state index contributed by atoms with van der Waals surface area (Å²) in [5, 5.41) is 17.8. The fraction of sp³-hybridized carbons (Fsp3) is 0.185. The van der Waals surface area contributed by atoms with Crippen LogP contribution in [0.3, 0.4) is 0 Å². The summed E-state index contributed by atoms with van der Waals surface area (Å²) >= 11 is 5.57. The van der Waals surface area contributed by atoms with Crippen molar-refractivity contribution in [1.82, 2.24) is 4.57 Å². The highest BCUT2D eigenvalue weighted by Crippen LogP contribution is 2.37. The molecule has 11 heteroatoms. The Morgan fingerprint density at radius 2 is 1.66 bits per heavy atom.